The van der Waals surface area contributed by atoms with Gasteiger partial charge in [-0.25, -0.2) is 4.79 Å². The van der Waals surface area contributed by atoms with Crippen LogP contribution in [0.1, 0.15) is 41.9 Å². The van der Waals surface area contributed by atoms with Gasteiger partial charge < -0.3 is 19.5 Å². The van der Waals surface area contributed by atoms with Crippen molar-refractivity contribution in [2.45, 2.75) is 39.3 Å². The summed E-state index contributed by atoms with van der Waals surface area (Å²) in [7, 11) is 3.06. The smallest absolute Gasteiger partial charge is 0.339 e. The van der Waals surface area contributed by atoms with E-state index in [0.29, 0.717) is 29.3 Å². The van der Waals surface area contributed by atoms with Crippen molar-refractivity contribution in [2.24, 2.45) is 0 Å². The number of hydrogen-bond donors (Lipinski definition) is 1. The van der Waals surface area contributed by atoms with Gasteiger partial charge in [-0.05, 0) is 38.1 Å². The molecule has 1 unspecified atom stereocenters. The van der Waals surface area contributed by atoms with Crippen LogP contribution in [0.5, 0.6) is 11.5 Å². The molecule has 1 aliphatic heterocycles. The number of hydrogen-bond acceptors (Lipinski definition) is 7. The van der Waals surface area contributed by atoms with Crippen molar-refractivity contribution in [1.82, 2.24) is 9.88 Å². The fraction of sp³-hybridized carbons (Fsp3) is 0.370. The fourth-order valence-electron chi connectivity index (χ4n) is 4.41. The highest BCUT2D eigenvalue weighted by Gasteiger charge is 2.28. The second-order valence-corrected chi connectivity index (χ2v) is 8.56. The summed E-state index contributed by atoms with van der Waals surface area (Å²) in [6.45, 7) is 6.18. The Hall–Kier alpha value is -3.65. The average Bonchev–Trinajstić information content (AvgIpc) is 2.87. The van der Waals surface area contributed by atoms with Crippen molar-refractivity contribution < 1.29 is 23.8 Å². The molecule has 0 radical (unpaired) electrons. The van der Waals surface area contributed by atoms with Gasteiger partial charge in [-0.2, -0.15) is 0 Å². The van der Waals surface area contributed by atoms with Crippen molar-refractivity contribution in [3.63, 3.8) is 0 Å². The number of nitrogens with one attached hydrogen (secondary N) is 1. The predicted octanol–water partition coefficient (Wildman–Crippen LogP) is 4.20. The number of nitrogens with zero attached hydrogens (tertiary/aromatic N) is 2. The Bertz CT molecular complexity index is 1240. The summed E-state index contributed by atoms with van der Waals surface area (Å²) in [6.07, 6.45) is 0.768. The van der Waals surface area contributed by atoms with E-state index in [1.54, 1.807) is 32.2 Å². The largest absolute Gasteiger partial charge is 0.497 e. The van der Waals surface area contributed by atoms with Gasteiger partial charge in [-0.15, -0.1) is 0 Å². The van der Waals surface area contributed by atoms with Gasteiger partial charge >= 0.3 is 5.97 Å². The summed E-state index contributed by atoms with van der Waals surface area (Å²) in [5.74, 6) is 0.0448. The minimum atomic E-state index is -1.03. The number of anilines is 1. The van der Waals surface area contributed by atoms with Crippen LogP contribution >= 0.6 is 0 Å². The first-order valence-electron chi connectivity index (χ1n) is 11.8. The van der Waals surface area contributed by atoms with Crippen LogP contribution in [0.25, 0.3) is 10.9 Å². The highest BCUT2D eigenvalue weighted by atomic mass is 16.5. The quantitative estimate of drug-likeness (QED) is 0.486. The number of carbonyl (C=O) groups is 2. The second kappa shape index (κ2) is 10.7. The number of para-hydroxylation sites is 1. The molecule has 1 aromatic heterocycles. The Morgan fingerprint density at radius 3 is 2.69 bits per heavy atom. The topological polar surface area (TPSA) is 90.0 Å². The van der Waals surface area contributed by atoms with Gasteiger partial charge in [-0.1, -0.05) is 25.1 Å². The first-order chi connectivity index (χ1) is 16.9. The van der Waals surface area contributed by atoms with Crippen LogP contribution in [0.3, 0.4) is 0 Å². The van der Waals surface area contributed by atoms with Crippen molar-refractivity contribution in [1.29, 1.82) is 0 Å². The number of benzene rings is 2. The molecule has 0 fully saturated rings. The van der Waals surface area contributed by atoms with Crippen LogP contribution in [0.15, 0.2) is 42.5 Å². The SMILES string of the molecule is CCCN1CCc2nc3ccccc3c(C(=O)OC(C)C(=O)Nc3cc(OC)ccc3OC)c2C1. The van der Waals surface area contributed by atoms with E-state index in [9.17, 15) is 9.59 Å². The highest BCUT2D eigenvalue weighted by molar-refractivity contribution is 6.06. The Kier molecular flexibility index (Phi) is 7.51. The van der Waals surface area contributed by atoms with Gasteiger partial charge in [0.2, 0.25) is 0 Å². The van der Waals surface area contributed by atoms with Crippen molar-refractivity contribution in [3.05, 3.63) is 59.3 Å². The monoisotopic (exact) mass is 477 g/mol. The molecule has 0 spiro atoms. The number of esters is 1. The normalized spacial score (nSPS) is 14.2. The van der Waals surface area contributed by atoms with Crippen molar-refractivity contribution in [2.75, 3.05) is 32.6 Å². The molecule has 8 nitrogen and oxygen atoms in total. The van der Waals surface area contributed by atoms with Crippen LogP contribution in [0.4, 0.5) is 5.69 Å². The average molecular weight is 478 g/mol. The Morgan fingerprint density at radius 2 is 1.94 bits per heavy atom. The summed E-state index contributed by atoms with van der Waals surface area (Å²) < 4.78 is 16.3. The number of fused-ring (bicyclic) bond motifs is 2. The molecule has 2 aromatic carbocycles. The predicted molar refractivity (Wildman–Crippen MR) is 134 cm³/mol. The maximum atomic E-state index is 13.5. The van der Waals surface area contributed by atoms with E-state index in [2.05, 4.69) is 17.1 Å². The molecule has 35 heavy (non-hydrogen) atoms. The van der Waals surface area contributed by atoms with Gasteiger partial charge in [0.25, 0.3) is 5.91 Å². The maximum Gasteiger partial charge on any atom is 0.339 e. The molecule has 1 amide bonds. The zero-order chi connectivity index (χ0) is 24.9. The molecule has 8 heteroatoms. The molecule has 0 bridgehead atoms. The van der Waals surface area contributed by atoms with Gasteiger partial charge in [-0.3, -0.25) is 14.7 Å². The Balaban J connectivity index is 1.60. The van der Waals surface area contributed by atoms with E-state index in [1.807, 2.05) is 24.3 Å². The van der Waals surface area contributed by atoms with E-state index < -0.39 is 18.0 Å². The molecule has 184 valence electrons. The number of amides is 1. The van der Waals surface area contributed by atoms with E-state index in [0.717, 1.165) is 48.1 Å². The van der Waals surface area contributed by atoms with Crippen molar-refractivity contribution in [3.8, 4) is 11.5 Å². The lowest BCUT2D eigenvalue weighted by atomic mass is 9.95. The number of rotatable bonds is 8. The second-order valence-electron chi connectivity index (χ2n) is 8.56. The third-order valence-electron chi connectivity index (χ3n) is 6.19. The summed E-state index contributed by atoms with van der Waals surface area (Å²) in [4.78, 5) is 33.6. The van der Waals surface area contributed by atoms with Gasteiger partial charge in [0, 0.05) is 42.2 Å². The molecule has 2 heterocycles. The zero-order valence-electron chi connectivity index (χ0n) is 20.6. The van der Waals surface area contributed by atoms with Crippen LogP contribution in [-0.4, -0.2) is 55.2 Å². The molecule has 0 saturated carbocycles. The van der Waals surface area contributed by atoms with Crippen molar-refractivity contribution >= 4 is 28.5 Å². The number of methoxy groups -OCH3 is 2. The van der Waals surface area contributed by atoms with Crippen LogP contribution < -0.4 is 14.8 Å². The maximum absolute atomic E-state index is 13.5. The fourth-order valence-corrected chi connectivity index (χ4v) is 4.41. The van der Waals surface area contributed by atoms with E-state index in [4.69, 9.17) is 19.2 Å². The van der Waals surface area contributed by atoms with Crippen LogP contribution in [0, 0.1) is 0 Å². The number of aromatic nitrogens is 1. The lowest BCUT2D eigenvalue weighted by Gasteiger charge is -2.29. The molecule has 3 aromatic rings. The minimum absolute atomic E-state index is 0.432. The number of ether oxygens (including phenoxy) is 3. The summed E-state index contributed by atoms with van der Waals surface area (Å²) in [5, 5.41) is 3.51. The van der Waals surface area contributed by atoms with Gasteiger partial charge in [0.05, 0.1) is 31.0 Å². The minimum Gasteiger partial charge on any atom is -0.497 e. The number of carbonyl (C=O) groups excluding carboxylic acids is 2. The summed E-state index contributed by atoms with van der Waals surface area (Å²) in [5.41, 5.74) is 3.48. The first-order valence-corrected chi connectivity index (χ1v) is 11.8. The molecule has 0 saturated heterocycles. The Labute approximate surface area is 205 Å². The highest BCUT2D eigenvalue weighted by Crippen LogP contribution is 2.31. The zero-order valence-corrected chi connectivity index (χ0v) is 20.6. The third-order valence-corrected chi connectivity index (χ3v) is 6.19. The first kappa shape index (κ1) is 24.5. The summed E-state index contributed by atoms with van der Waals surface area (Å²) >= 11 is 0. The third kappa shape index (κ3) is 5.22. The summed E-state index contributed by atoms with van der Waals surface area (Å²) in [6, 6.07) is 12.6. The molecular formula is C27H31N3O5. The standard InChI is InChI=1S/C27H31N3O5/c1-5-13-30-14-12-22-20(16-30)25(19-8-6-7-9-21(19)28-22)27(32)35-17(2)26(31)29-23-15-18(33-3)10-11-24(23)34-4/h6-11,15,17H,5,12-14,16H2,1-4H3,(H,29,31). The molecule has 1 N–H and O–H groups in total. The van der Waals surface area contributed by atoms with Crippen LogP contribution in [0.2, 0.25) is 0 Å². The molecular weight excluding hydrogens is 446 g/mol. The number of pyridine rings is 1. The van der Waals surface area contributed by atoms with Gasteiger partial charge in [0.15, 0.2) is 6.10 Å². The molecule has 0 aliphatic carbocycles. The van der Waals surface area contributed by atoms with Crippen LogP contribution in [-0.2, 0) is 22.5 Å². The lowest BCUT2D eigenvalue weighted by molar-refractivity contribution is -0.123. The molecule has 4 rings (SSSR count). The van der Waals surface area contributed by atoms with E-state index in [-0.39, 0.29) is 0 Å². The van der Waals surface area contributed by atoms with Gasteiger partial charge in [0.1, 0.15) is 11.5 Å². The molecule has 1 aliphatic rings. The van der Waals surface area contributed by atoms with E-state index in [1.165, 1.54) is 7.11 Å². The van der Waals surface area contributed by atoms with E-state index >= 15 is 0 Å². The Morgan fingerprint density at radius 1 is 1.14 bits per heavy atom. The molecule has 1 atom stereocenters. The lowest BCUT2D eigenvalue weighted by Crippen LogP contribution is -2.34.